The first-order chi connectivity index (χ1) is 17.1. The zero-order valence-electron chi connectivity index (χ0n) is 20.0. The number of benzene rings is 1. The van der Waals surface area contributed by atoms with Crippen molar-refractivity contribution in [2.45, 2.75) is 39.0 Å². The number of imide groups is 1. The smallest absolute Gasteiger partial charge is 0.352 e. The number of carbonyl (C=O) groups is 5. The predicted octanol–water partition coefficient (Wildman–Crippen LogP) is 3.31. The Hall–Kier alpha value is -3.66. The Morgan fingerprint density at radius 3 is 2.67 bits per heavy atom. The van der Waals surface area contributed by atoms with Gasteiger partial charge in [0, 0.05) is 35.9 Å². The molecule has 2 atom stereocenters. The van der Waals surface area contributed by atoms with Crippen LogP contribution in [0.1, 0.15) is 48.7 Å². The van der Waals surface area contributed by atoms with E-state index < -0.39 is 35.5 Å². The molecule has 0 spiro atoms. The topological polar surface area (TPSA) is 146 Å². The van der Waals surface area contributed by atoms with Gasteiger partial charge in [0.15, 0.2) is 5.78 Å². The minimum atomic E-state index is -1.17. The van der Waals surface area contributed by atoms with Crippen molar-refractivity contribution in [2.24, 2.45) is 11.8 Å². The van der Waals surface area contributed by atoms with Crippen molar-refractivity contribution in [3.05, 3.63) is 46.7 Å². The van der Waals surface area contributed by atoms with Crippen molar-refractivity contribution >= 4 is 46.8 Å². The first kappa shape index (κ1) is 26.9. The van der Waals surface area contributed by atoms with Crippen LogP contribution in [0.4, 0.5) is 5.69 Å². The van der Waals surface area contributed by atoms with Crippen LogP contribution in [0.5, 0.6) is 5.75 Å². The van der Waals surface area contributed by atoms with Gasteiger partial charge in [0.2, 0.25) is 17.7 Å². The lowest BCUT2D eigenvalue weighted by Gasteiger charge is -2.24. The van der Waals surface area contributed by atoms with Crippen LogP contribution in [0.25, 0.3) is 0 Å². The van der Waals surface area contributed by atoms with Gasteiger partial charge in [0.25, 0.3) is 0 Å². The van der Waals surface area contributed by atoms with Crippen molar-refractivity contribution in [3.8, 4) is 5.75 Å². The third-order valence-electron chi connectivity index (χ3n) is 6.20. The predicted molar refractivity (Wildman–Crippen MR) is 131 cm³/mol. The molecule has 192 valence electrons. The van der Waals surface area contributed by atoms with Crippen LogP contribution in [0, 0.1) is 11.8 Å². The molecule has 3 rings (SSSR count). The van der Waals surface area contributed by atoms with E-state index in [0.717, 1.165) is 4.90 Å². The molecule has 1 saturated heterocycles. The number of rotatable bonds is 9. The summed E-state index contributed by atoms with van der Waals surface area (Å²) in [7, 11) is 1.51. The summed E-state index contributed by atoms with van der Waals surface area (Å²) in [4.78, 5) is 66.1. The Labute approximate surface area is 212 Å². The zero-order valence-corrected chi connectivity index (χ0v) is 20.8. The molecule has 3 N–H and O–H groups in total. The molecule has 1 aromatic heterocycles. The molecule has 2 heterocycles. The van der Waals surface area contributed by atoms with Crippen LogP contribution < -0.4 is 10.1 Å². The first-order valence-corrected chi connectivity index (χ1v) is 11.9. The summed E-state index contributed by atoms with van der Waals surface area (Å²) in [5.74, 6) is -3.83. The number of aromatic nitrogens is 1. The lowest BCUT2D eigenvalue weighted by molar-refractivity contribution is -0.149. The van der Waals surface area contributed by atoms with Crippen LogP contribution in [-0.4, -0.2) is 58.1 Å². The van der Waals surface area contributed by atoms with Gasteiger partial charge in [-0.2, -0.15) is 0 Å². The normalized spacial score (nSPS) is 16.9. The van der Waals surface area contributed by atoms with Crippen LogP contribution >= 0.6 is 11.6 Å². The van der Waals surface area contributed by atoms with Gasteiger partial charge < -0.3 is 20.1 Å². The molecule has 0 radical (unpaired) electrons. The van der Waals surface area contributed by atoms with Crippen LogP contribution in [-0.2, 0) is 25.6 Å². The van der Waals surface area contributed by atoms with E-state index in [-0.39, 0.29) is 49.4 Å². The number of H-pyrrole nitrogens is 1. The number of Topliss-reactive ketones (excluding diaryl/α,β-unsaturated/α-hetero) is 1. The van der Waals surface area contributed by atoms with Crippen molar-refractivity contribution in [3.63, 3.8) is 0 Å². The highest BCUT2D eigenvalue weighted by Gasteiger charge is 2.35. The first-order valence-electron chi connectivity index (χ1n) is 11.5. The van der Waals surface area contributed by atoms with Gasteiger partial charge in [-0.3, -0.25) is 24.1 Å². The number of aromatic carboxylic acids is 1. The van der Waals surface area contributed by atoms with Crippen molar-refractivity contribution < 1.29 is 33.8 Å². The number of carbonyl (C=O) groups excluding carboxylic acids is 4. The van der Waals surface area contributed by atoms with Crippen LogP contribution in [0.15, 0.2) is 30.5 Å². The molecule has 1 aromatic carbocycles. The average Bonchev–Trinajstić information content (AvgIpc) is 3.26. The fraction of sp³-hybridized carbons (Fsp3) is 0.400. The Morgan fingerprint density at radius 2 is 2.03 bits per heavy atom. The maximum absolute atomic E-state index is 13.3. The standard InChI is InChI=1S/C25H28ClN3O7/c1-3-14(23(32)28-18-11-20(25(34)35)27-12-18)10-22(31)29-13-19(30)6-4-15(24(29)33)8-16-9-17(26)5-7-21(16)36-2/h5,7,9,11-12,14-15,27H,3-4,6,8,10,13H2,1-2H3,(H,28,32)(H,34,35)/t14-,15?/m0/s1. The Kier molecular flexibility index (Phi) is 8.87. The average molecular weight is 518 g/mol. The maximum atomic E-state index is 13.3. The van der Waals surface area contributed by atoms with Gasteiger partial charge in [-0.05, 0) is 49.1 Å². The molecule has 0 aliphatic carbocycles. The van der Waals surface area contributed by atoms with E-state index in [2.05, 4.69) is 10.3 Å². The van der Waals surface area contributed by atoms with Gasteiger partial charge in [-0.25, -0.2) is 4.79 Å². The van der Waals surface area contributed by atoms with Gasteiger partial charge in [0.1, 0.15) is 11.4 Å². The summed E-state index contributed by atoms with van der Waals surface area (Å²) in [6.45, 7) is 1.39. The second kappa shape index (κ2) is 11.9. The number of anilines is 1. The number of hydrogen-bond acceptors (Lipinski definition) is 6. The number of likely N-dealkylation sites (tertiary alicyclic amines) is 1. The van der Waals surface area contributed by atoms with E-state index in [9.17, 15) is 24.0 Å². The molecule has 1 aliphatic heterocycles. The highest BCUT2D eigenvalue weighted by molar-refractivity contribution is 6.30. The Morgan fingerprint density at radius 1 is 1.28 bits per heavy atom. The highest BCUT2D eigenvalue weighted by atomic mass is 35.5. The maximum Gasteiger partial charge on any atom is 0.352 e. The third-order valence-corrected chi connectivity index (χ3v) is 6.43. The fourth-order valence-corrected chi connectivity index (χ4v) is 4.36. The van der Waals surface area contributed by atoms with E-state index in [1.165, 1.54) is 19.4 Å². The second-order valence-corrected chi connectivity index (χ2v) is 9.09. The largest absolute Gasteiger partial charge is 0.496 e. The Bertz CT molecular complexity index is 1180. The number of ketones is 1. The van der Waals surface area contributed by atoms with E-state index >= 15 is 0 Å². The van der Waals surface area contributed by atoms with E-state index in [0.29, 0.717) is 22.8 Å². The lowest BCUT2D eigenvalue weighted by atomic mass is 9.93. The molecule has 0 saturated carbocycles. The van der Waals surface area contributed by atoms with Crippen LogP contribution in [0.3, 0.4) is 0 Å². The fourth-order valence-electron chi connectivity index (χ4n) is 4.16. The zero-order chi connectivity index (χ0) is 26.4. The molecular weight excluding hydrogens is 490 g/mol. The number of amides is 3. The molecule has 0 bridgehead atoms. The molecule has 36 heavy (non-hydrogen) atoms. The molecule has 3 amide bonds. The molecule has 1 aliphatic rings. The number of hydrogen-bond donors (Lipinski definition) is 3. The molecule has 2 aromatic rings. The summed E-state index contributed by atoms with van der Waals surface area (Å²) < 4.78 is 5.36. The molecule has 11 heteroatoms. The number of nitrogens with one attached hydrogen (secondary N) is 2. The number of aromatic amines is 1. The van der Waals surface area contributed by atoms with Crippen molar-refractivity contribution in [2.75, 3.05) is 19.0 Å². The minimum Gasteiger partial charge on any atom is -0.496 e. The van der Waals surface area contributed by atoms with Crippen LogP contribution in [0.2, 0.25) is 5.02 Å². The van der Waals surface area contributed by atoms with Crippen molar-refractivity contribution in [1.29, 1.82) is 0 Å². The third kappa shape index (κ3) is 6.51. The van der Waals surface area contributed by atoms with E-state index in [1.807, 2.05) is 0 Å². The lowest BCUT2D eigenvalue weighted by Crippen LogP contribution is -2.43. The van der Waals surface area contributed by atoms with Gasteiger partial charge in [-0.1, -0.05) is 18.5 Å². The SMILES string of the molecule is CC[C@@H](CC(=O)N1CC(=O)CCC(Cc2cc(Cl)ccc2OC)C1=O)C(=O)Nc1c[nH]c(C(=O)O)c1. The van der Waals surface area contributed by atoms with Gasteiger partial charge >= 0.3 is 5.97 Å². The number of carboxylic acid groups (broad SMARTS) is 1. The van der Waals surface area contributed by atoms with E-state index in [4.69, 9.17) is 21.4 Å². The number of halogens is 1. The monoisotopic (exact) mass is 517 g/mol. The van der Waals surface area contributed by atoms with Crippen molar-refractivity contribution in [1.82, 2.24) is 9.88 Å². The summed E-state index contributed by atoms with van der Waals surface area (Å²) in [6, 6.07) is 6.33. The number of carboxylic acids is 1. The summed E-state index contributed by atoms with van der Waals surface area (Å²) in [5, 5.41) is 12.1. The summed E-state index contributed by atoms with van der Waals surface area (Å²) in [5.41, 5.74) is 0.855. The highest BCUT2D eigenvalue weighted by Crippen LogP contribution is 2.29. The summed E-state index contributed by atoms with van der Waals surface area (Å²) in [6.07, 6.45) is 2.05. The number of ether oxygens (including phenoxy) is 1. The minimum absolute atomic E-state index is 0.0922. The quantitative estimate of drug-likeness (QED) is 0.462. The molecule has 10 nitrogen and oxygen atoms in total. The summed E-state index contributed by atoms with van der Waals surface area (Å²) >= 11 is 6.11. The van der Waals surface area contributed by atoms with Gasteiger partial charge in [0.05, 0.1) is 19.3 Å². The molecule has 1 fully saturated rings. The number of nitrogens with zero attached hydrogens (tertiary/aromatic N) is 1. The Balaban J connectivity index is 1.72. The van der Waals surface area contributed by atoms with E-state index in [1.54, 1.807) is 25.1 Å². The molecule has 1 unspecified atom stereocenters. The number of methoxy groups -OCH3 is 1. The molecular formula is C25H28ClN3O7. The second-order valence-electron chi connectivity index (χ2n) is 8.66. The van der Waals surface area contributed by atoms with Gasteiger partial charge in [-0.15, -0.1) is 0 Å².